The molecule has 0 aliphatic rings. The maximum Gasteiger partial charge on any atom is 0.107 e. The monoisotopic (exact) mass is 316 g/mol. The Kier molecular flexibility index (Phi) is 4.91. The molecule has 3 nitrogen and oxygen atoms in total. The maximum absolute atomic E-state index is 5.74. The molecule has 0 aromatic heterocycles. The van der Waals surface area contributed by atoms with Crippen LogP contribution >= 0.6 is 28.1 Å². The first kappa shape index (κ1) is 14.4. The summed E-state index contributed by atoms with van der Waals surface area (Å²) >= 11 is 8.52. The first-order chi connectivity index (χ1) is 7.87. The van der Waals surface area contributed by atoms with Gasteiger partial charge >= 0.3 is 0 Å². The Bertz CT molecular complexity index is 421. The Morgan fingerprint density at radius 3 is 2.71 bits per heavy atom. The van der Waals surface area contributed by atoms with Crippen LogP contribution in [0, 0.1) is 0 Å². The van der Waals surface area contributed by atoms with E-state index in [1.165, 1.54) is 0 Å². The van der Waals surface area contributed by atoms with E-state index < -0.39 is 0 Å². The van der Waals surface area contributed by atoms with Gasteiger partial charge in [0.1, 0.15) is 4.99 Å². The lowest BCUT2D eigenvalue weighted by Crippen LogP contribution is -2.36. The number of hydrogen-bond acceptors (Lipinski definition) is 3. The first-order valence-corrected chi connectivity index (χ1v) is 6.43. The van der Waals surface area contributed by atoms with Gasteiger partial charge in [0.15, 0.2) is 0 Å². The van der Waals surface area contributed by atoms with Gasteiger partial charge in [-0.25, -0.2) is 0 Å². The zero-order valence-corrected chi connectivity index (χ0v) is 12.6. The average Bonchev–Trinajstić information content (AvgIpc) is 2.15. The van der Waals surface area contributed by atoms with Crippen molar-refractivity contribution >= 4 is 38.8 Å². The molecule has 5 heteroatoms. The topological polar surface area (TPSA) is 47.3 Å². The van der Waals surface area contributed by atoms with Crippen LogP contribution in [-0.4, -0.2) is 24.2 Å². The van der Waals surface area contributed by atoms with E-state index >= 15 is 0 Å². The number of nitrogens with two attached hydrogens (primary N) is 1. The number of benzene rings is 1. The number of thiocarbonyl (C=S) groups is 1. The molecule has 0 spiro atoms. The van der Waals surface area contributed by atoms with Gasteiger partial charge in [0.2, 0.25) is 0 Å². The standard InChI is InChI=1S/C12H17BrN2OS/c1-12(2,7-16-3)15-9-6-4-5-8(13)10(9)11(14)17/h4-6,15H,7H2,1-3H3,(H2,14,17). The summed E-state index contributed by atoms with van der Waals surface area (Å²) in [6.45, 7) is 4.71. The Balaban J connectivity index is 3.06. The van der Waals surface area contributed by atoms with Crippen LogP contribution in [0.1, 0.15) is 19.4 Å². The average molecular weight is 317 g/mol. The van der Waals surface area contributed by atoms with Crippen molar-refractivity contribution in [1.82, 2.24) is 0 Å². The molecule has 94 valence electrons. The number of nitrogens with one attached hydrogen (secondary N) is 1. The minimum absolute atomic E-state index is 0.185. The van der Waals surface area contributed by atoms with Crippen molar-refractivity contribution in [3.05, 3.63) is 28.2 Å². The van der Waals surface area contributed by atoms with E-state index in [1.54, 1.807) is 7.11 Å². The second-order valence-corrected chi connectivity index (χ2v) is 5.76. The number of methoxy groups -OCH3 is 1. The molecule has 0 atom stereocenters. The molecule has 1 rings (SSSR count). The fourth-order valence-electron chi connectivity index (χ4n) is 1.64. The van der Waals surface area contributed by atoms with E-state index in [0.717, 1.165) is 15.7 Å². The summed E-state index contributed by atoms with van der Waals surface area (Å²) in [6.07, 6.45) is 0. The van der Waals surface area contributed by atoms with E-state index in [-0.39, 0.29) is 5.54 Å². The summed E-state index contributed by atoms with van der Waals surface area (Å²) in [4.78, 5) is 0.369. The minimum atomic E-state index is -0.185. The molecule has 0 aliphatic carbocycles. The summed E-state index contributed by atoms with van der Waals surface area (Å²) in [6, 6.07) is 5.82. The van der Waals surface area contributed by atoms with Crippen molar-refractivity contribution in [3.8, 4) is 0 Å². The minimum Gasteiger partial charge on any atom is -0.389 e. The van der Waals surface area contributed by atoms with Gasteiger partial charge in [-0.3, -0.25) is 0 Å². The smallest absolute Gasteiger partial charge is 0.107 e. The lowest BCUT2D eigenvalue weighted by atomic mass is 10.0. The molecule has 0 aliphatic heterocycles. The highest BCUT2D eigenvalue weighted by Gasteiger charge is 2.20. The third-order valence-electron chi connectivity index (χ3n) is 2.24. The predicted molar refractivity (Wildman–Crippen MR) is 79.6 cm³/mol. The molecule has 0 heterocycles. The summed E-state index contributed by atoms with van der Waals surface area (Å²) < 4.78 is 6.06. The van der Waals surface area contributed by atoms with Crippen LogP contribution in [0.2, 0.25) is 0 Å². The second-order valence-electron chi connectivity index (χ2n) is 4.47. The van der Waals surface area contributed by atoms with Crippen LogP contribution in [0.3, 0.4) is 0 Å². The molecule has 0 saturated carbocycles. The van der Waals surface area contributed by atoms with Crippen molar-refractivity contribution in [1.29, 1.82) is 0 Å². The summed E-state index contributed by atoms with van der Waals surface area (Å²) in [7, 11) is 1.68. The highest BCUT2D eigenvalue weighted by molar-refractivity contribution is 9.10. The Morgan fingerprint density at radius 2 is 2.18 bits per heavy atom. The van der Waals surface area contributed by atoms with Crippen LogP contribution < -0.4 is 11.1 Å². The zero-order chi connectivity index (χ0) is 13.1. The number of anilines is 1. The number of ether oxygens (including phenoxy) is 1. The molecule has 17 heavy (non-hydrogen) atoms. The lowest BCUT2D eigenvalue weighted by molar-refractivity contribution is 0.158. The van der Waals surface area contributed by atoms with Crippen molar-refractivity contribution in [3.63, 3.8) is 0 Å². The van der Waals surface area contributed by atoms with E-state index in [4.69, 9.17) is 22.7 Å². The molecular weight excluding hydrogens is 300 g/mol. The quantitative estimate of drug-likeness (QED) is 0.820. The predicted octanol–water partition coefficient (Wildman–Crippen LogP) is 2.92. The largest absolute Gasteiger partial charge is 0.389 e. The van der Waals surface area contributed by atoms with E-state index in [0.29, 0.717) is 11.6 Å². The Labute approximate surface area is 116 Å². The molecule has 0 fully saturated rings. The second kappa shape index (κ2) is 5.80. The van der Waals surface area contributed by atoms with Gasteiger partial charge in [-0.15, -0.1) is 0 Å². The lowest BCUT2D eigenvalue weighted by Gasteiger charge is -2.28. The van der Waals surface area contributed by atoms with Gasteiger partial charge in [0.25, 0.3) is 0 Å². The van der Waals surface area contributed by atoms with Crippen molar-refractivity contribution in [2.24, 2.45) is 5.73 Å². The Morgan fingerprint density at radius 1 is 1.53 bits per heavy atom. The molecule has 1 aromatic rings. The molecule has 0 saturated heterocycles. The SMILES string of the molecule is COCC(C)(C)Nc1cccc(Br)c1C(N)=S. The van der Waals surface area contributed by atoms with Crippen LogP contribution in [0.5, 0.6) is 0 Å². The summed E-state index contributed by atoms with van der Waals surface area (Å²) in [5.41, 5.74) is 7.29. The number of rotatable bonds is 5. The molecular formula is C12H17BrN2OS. The summed E-state index contributed by atoms with van der Waals surface area (Å²) in [5, 5.41) is 3.39. The number of hydrogen-bond donors (Lipinski definition) is 2. The van der Waals surface area contributed by atoms with Crippen molar-refractivity contribution in [2.75, 3.05) is 19.0 Å². The van der Waals surface area contributed by atoms with Gasteiger partial charge < -0.3 is 15.8 Å². The third kappa shape index (κ3) is 3.94. The van der Waals surface area contributed by atoms with Crippen LogP contribution in [-0.2, 0) is 4.74 Å². The normalized spacial score (nSPS) is 11.3. The van der Waals surface area contributed by atoms with E-state index in [9.17, 15) is 0 Å². The molecule has 1 aromatic carbocycles. The fourth-order valence-corrected chi connectivity index (χ4v) is 2.57. The zero-order valence-electron chi connectivity index (χ0n) is 10.2. The van der Waals surface area contributed by atoms with Crippen LogP contribution in [0.4, 0.5) is 5.69 Å². The highest BCUT2D eigenvalue weighted by Crippen LogP contribution is 2.27. The van der Waals surface area contributed by atoms with Crippen molar-refractivity contribution < 1.29 is 4.74 Å². The van der Waals surface area contributed by atoms with E-state index in [1.807, 2.05) is 18.2 Å². The third-order valence-corrected chi connectivity index (χ3v) is 3.10. The number of halogens is 1. The maximum atomic E-state index is 5.74. The van der Waals surface area contributed by atoms with Gasteiger partial charge in [-0.1, -0.05) is 18.3 Å². The van der Waals surface area contributed by atoms with Crippen LogP contribution in [0.15, 0.2) is 22.7 Å². The Hall–Kier alpha value is -0.650. The van der Waals surface area contributed by atoms with Crippen LogP contribution in [0.25, 0.3) is 0 Å². The molecule has 0 bridgehead atoms. The van der Waals surface area contributed by atoms with Gasteiger partial charge in [0.05, 0.1) is 12.1 Å². The molecule has 0 amide bonds. The highest BCUT2D eigenvalue weighted by atomic mass is 79.9. The van der Waals surface area contributed by atoms with E-state index in [2.05, 4.69) is 35.1 Å². The van der Waals surface area contributed by atoms with Gasteiger partial charge in [0, 0.05) is 22.8 Å². The molecule has 3 N–H and O–H groups in total. The summed E-state index contributed by atoms with van der Waals surface area (Å²) in [5.74, 6) is 0. The fraction of sp³-hybridized carbons (Fsp3) is 0.417. The first-order valence-electron chi connectivity index (χ1n) is 5.23. The molecule has 0 unspecified atom stereocenters. The van der Waals surface area contributed by atoms with Crippen molar-refractivity contribution in [2.45, 2.75) is 19.4 Å². The van der Waals surface area contributed by atoms with Gasteiger partial charge in [-0.05, 0) is 41.9 Å². The molecule has 0 radical (unpaired) electrons. The van der Waals surface area contributed by atoms with Gasteiger partial charge in [-0.2, -0.15) is 0 Å².